The second-order valence-corrected chi connectivity index (χ2v) is 9.69. The molecule has 2 aromatic rings. The highest BCUT2D eigenvalue weighted by molar-refractivity contribution is 7.89. The van der Waals surface area contributed by atoms with Gasteiger partial charge in [-0.25, -0.2) is 8.42 Å². The van der Waals surface area contributed by atoms with Crippen LogP contribution in [0.3, 0.4) is 0 Å². The fourth-order valence-electron chi connectivity index (χ4n) is 3.69. The smallest absolute Gasteiger partial charge is 0.243 e. The number of amides is 1. The second kappa shape index (κ2) is 10.2. The number of nitrogens with zero attached hydrogens (tertiary/aromatic N) is 1. The molecule has 0 radical (unpaired) electrons. The van der Waals surface area contributed by atoms with Crippen molar-refractivity contribution in [2.75, 3.05) is 13.1 Å². The first-order valence-corrected chi connectivity index (χ1v) is 11.9. The van der Waals surface area contributed by atoms with Crippen LogP contribution in [-0.4, -0.2) is 37.8 Å². The minimum atomic E-state index is -3.64. The Labute approximate surface area is 178 Å². The van der Waals surface area contributed by atoms with Gasteiger partial charge in [-0.1, -0.05) is 48.4 Å². The van der Waals surface area contributed by atoms with Crippen molar-refractivity contribution < 1.29 is 13.2 Å². The van der Waals surface area contributed by atoms with Gasteiger partial charge in [0, 0.05) is 30.6 Å². The van der Waals surface area contributed by atoms with Crippen molar-refractivity contribution >= 4 is 27.5 Å². The molecule has 1 aliphatic rings. The molecular formula is C22H27ClN2O3S. The van der Waals surface area contributed by atoms with E-state index in [4.69, 9.17) is 11.6 Å². The number of rotatable bonds is 8. The van der Waals surface area contributed by atoms with Gasteiger partial charge in [0.05, 0.1) is 4.90 Å². The first kappa shape index (κ1) is 21.8. The summed E-state index contributed by atoms with van der Waals surface area (Å²) in [6, 6.07) is 16.0. The zero-order valence-electron chi connectivity index (χ0n) is 16.4. The molecule has 1 amide bonds. The number of aryl methyl sites for hydroxylation is 1. The average Bonchev–Trinajstić information content (AvgIpc) is 2.73. The van der Waals surface area contributed by atoms with Crippen LogP contribution in [0.4, 0.5) is 0 Å². The number of piperidine rings is 1. The van der Waals surface area contributed by atoms with Gasteiger partial charge in [-0.05, 0) is 55.5 Å². The average molecular weight is 435 g/mol. The molecule has 3 rings (SSSR count). The number of halogens is 1. The maximum Gasteiger partial charge on any atom is 0.243 e. The summed E-state index contributed by atoms with van der Waals surface area (Å²) in [6.07, 6.45) is 4.39. The number of nitrogens with one attached hydrogen (secondary N) is 1. The standard InChI is InChI=1S/C22H27ClN2O3S/c23-19-11-13-21(14-12-19)29(27,28)25-16-5-4-10-20(25)17-22(26)24-15-6-9-18-7-2-1-3-8-18/h1-3,7-8,11-14,20H,4-6,9-10,15-17H2,(H,24,26)/t20-/m0/s1. The molecule has 1 heterocycles. The summed E-state index contributed by atoms with van der Waals surface area (Å²) in [7, 11) is -3.64. The van der Waals surface area contributed by atoms with Crippen LogP contribution in [0.25, 0.3) is 0 Å². The zero-order valence-corrected chi connectivity index (χ0v) is 18.0. The Morgan fingerprint density at radius 1 is 1.07 bits per heavy atom. The Kier molecular flexibility index (Phi) is 7.70. The van der Waals surface area contributed by atoms with Gasteiger partial charge in [0.15, 0.2) is 0 Å². The van der Waals surface area contributed by atoms with Gasteiger partial charge in [-0.3, -0.25) is 4.79 Å². The van der Waals surface area contributed by atoms with Gasteiger partial charge < -0.3 is 5.32 Å². The molecule has 5 nitrogen and oxygen atoms in total. The molecule has 0 aromatic heterocycles. The second-order valence-electron chi connectivity index (χ2n) is 7.36. The molecule has 1 saturated heterocycles. The van der Waals surface area contributed by atoms with E-state index in [9.17, 15) is 13.2 Å². The van der Waals surface area contributed by atoms with E-state index in [1.54, 1.807) is 12.1 Å². The Balaban J connectivity index is 1.55. The van der Waals surface area contributed by atoms with E-state index in [0.29, 0.717) is 24.5 Å². The summed E-state index contributed by atoms with van der Waals surface area (Å²) in [6.45, 7) is 1.03. The molecule has 0 aliphatic carbocycles. The van der Waals surface area contributed by atoms with Gasteiger partial charge in [0.2, 0.25) is 15.9 Å². The van der Waals surface area contributed by atoms with Gasteiger partial charge >= 0.3 is 0 Å². The molecule has 0 unspecified atom stereocenters. The lowest BCUT2D eigenvalue weighted by atomic mass is 10.0. The third kappa shape index (κ3) is 6.04. The van der Waals surface area contributed by atoms with Crippen LogP contribution >= 0.6 is 11.6 Å². The first-order valence-electron chi connectivity index (χ1n) is 10.0. The van der Waals surface area contributed by atoms with E-state index >= 15 is 0 Å². The van der Waals surface area contributed by atoms with Gasteiger partial charge in [0.1, 0.15) is 0 Å². The topological polar surface area (TPSA) is 66.5 Å². The highest BCUT2D eigenvalue weighted by Gasteiger charge is 2.34. The van der Waals surface area contributed by atoms with E-state index in [1.807, 2.05) is 18.2 Å². The van der Waals surface area contributed by atoms with Crippen molar-refractivity contribution in [3.63, 3.8) is 0 Å². The minimum absolute atomic E-state index is 0.0960. The number of hydrogen-bond acceptors (Lipinski definition) is 3. The molecule has 1 atom stereocenters. The van der Waals surface area contributed by atoms with E-state index in [-0.39, 0.29) is 23.3 Å². The summed E-state index contributed by atoms with van der Waals surface area (Å²) in [5, 5.41) is 3.44. The molecule has 156 valence electrons. The predicted octanol–water partition coefficient (Wildman–Crippen LogP) is 4.02. The van der Waals surface area contributed by atoms with Crippen LogP contribution in [0.5, 0.6) is 0 Å². The SMILES string of the molecule is O=C(C[C@@H]1CCCCN1S(=O)(=O)c1ccc(Cl)cc1)NCCCc1ccccc1. The third-order valence-corrected chi connectivity index (χ3v) is 7.44. The Morgan fingerprint density at radius 3 is 2.52 bits per heavy atom. The summed E-state index contributed by atoms with van der Waals surface area (Å²) in [5.41, 5.74) is 1.24. The largest absolute Gasteiger partial charge is 0.356 e. The maximum absolute atomic E-state index is 13.1. The van der Waals surface area contributed by atoms with Gasteiger partial charge in [-0.15, -0.1) is 0 Å². The van der Waals surface area contributed by atoms with E-state index in [0.717, 1.165) is 25.7 Å². The van der Waals surface area contributed by atoms with Crippen LogP contribution in [-0.2, 0) is 21.2 Å². The lowest BCUT2D eigenvalue weighted by molar-refractivity contribution is -0.122. The highest BCUT2D eigenvalue weighted by Crippen LogP contribution is 2.27. The lowest BCUT2D eigenvalue weighted by Gasteiger charge is -2.34. The van der Waals surface area contributed by atoms with Crippen molar-refractivity contribution in [1.82, 2.24) is 9.62 Å². The van der Waals surface area contributed by atoms with Crippen molar-refractivity contribution in [2.45, 2.75) is 49.5 Å². The van der Waals surface area contributed by atoms with E-state index in [2.05, 4.69) is 17.4 Å². The van der Waals surface area contributed by atoms with Crippen LogP contribution in [0.1, 0.15) is 37.7 Å². The van der Waals surface area contributed by atoms with E-state index in [1.165, 1.54) is 22.0 Å². The molecule has 0 spiro atoms. The Hall–Kier alpha value is -1.89. The summed E-state index contributed by atoms with van der Waals surface area (Å²) < 4.78 is 27.6. The predicted molar refractivity (Wildman–Crippen MR) is 115 cm³/mol. The molecular weight excluding hydrogens is 408 g/mol. The Bertz CT molecular complexity index is 901. The maximum atomic E-state index is 13.1. The third-order valence-electron chi connectivity index (χ3n) is 5.22. The molecule has 29 heavy (non-hydrogen) atoms. The summed E-state index contributed by atoms with van der Waals surface area (Å²) in [5.74, 6) is -0.0960. The molecule has 7 heteroatoms. The number of hydrogen-bond donors (Lipinski definition) is 1. The normalized spacial score (nSPS) is 17.8. The van der Waals surface area contributed by atoms with Crippen LogP contribution < -0.4 is 5.32 Å². The van der Waals surface area contributed by atoms with Crippen molar-refractivity contribution in [1.29, 1.82) is 0 Å². The highest BCUT2D eigenvalue weighted by atomic mass is 35.5. The fourth-order valence-corrected chi connectivity index (χ4v) is 5.51. The molecule has 1 fully saturated rings. The first-order chi connectivity index (χ1) is 14.0. The number of carbonyl (C=O) groups is 1. The molecule has 0 saturated carbocycles. The van der Waals surface area contributed by atoms with Crippen molar-refractivity contribution in [3.8, 4) is 0 Å². The number of sulfonamides is 1. The lowest BCUT2D eigenvalue weighted by Crippen LogP contribution is -2.46. The van der Waals surface area contributed by atoms with Crippen molar-refractivity contribution in [3.05, 3.63) is 65.2 Å². The molecule has 0 bridgehead atoms. The van der Waals surface area contributed by atoms with Gasteiger partial charge in [0.25, 0.3) is 0 Å². The Morgan fingerprint density at radius 2 is 1.79 bits per heavy atom. The number of benzene rings is 2. The zero-order chi connectivity index (χ0) is 20.7. The van der Waals surface area contributed by atoms with Crippen LogP contribution in [0.15, 0.2) is 59.5 Å². The molecule has 1 N–H and O–H groups in total. The van der Waals surface area contributed by atoms with Crippen molar-refractivity contribution in [2.24, 2.45) is 0 Å². The van der Waals surface area contributed by atoms with Crippen LogP contribution in [0, 0.1) is 0 Å². The fraction of sp³-hybridized carbons (Fsp3) is 0.409. The van der Waals surface area contributed by atoms with Gasteiger partial charge in [-0.2, -0.15) is 4.31 Å². The van der Waals surface area contributed by atoms with Crippen LogP contribution in [0.2, 0.25) is 5.02 Å². The quantitative estimate of drug-likeness (QED) is 0.638. The summed E-state index contributed by atoms with van der Waals surface area (Å²) in [4.78, 5) is 12.6. The summed E-state index contributed by atoms with van der Waals surface area (Å²) >= 11 is 5.88. The monoisotopic (exact) mass is 434 g/mol. The minimum Gasteiger partial charge on any atom is -0.356 e. The number of carbonyl (C=O) groups excluding carboxylic acids is 1. The molecule has 2 aromatic carbocycles. The molecule has 1 aliphatic heterocycles. The van der Waals surface area contributed by atoms with E-state index < -0.39 is 10.0 Å².